The van der Waals surface area contributed by atoms with Crippen molar-refractivity contribution < 1.29 is 18.7 Å². The maximum absolute atomic E-state index is 13.4. The average Bonchev–Trinajstić information content (AvgIpc) is 2.45. The fraction of sp³-hybridized carbons (Fsp3) is 0.444. The molecule has 2 nitrogen and oxygen atoms in total. The second kappa shape index (κ2) is 4.57. The zero-order valence-electron chi connectivity index (χ0n) is 7.89. The van der Waals surface area contributed by atoms with Crippen molar-refractivity contribution in [2.45, 2.75) is 25.7 Å². The first-order valence-electron chi connectivity index (χ1n) is 4.19. The molecule has 0 fully saturated rings. The molecule has 1 aromatic rings. The Morgan fingerprint density at radius 1 is 1.67 bits per heavy atom. The summed E-state index contributed by atoms with van der Waals surface area (Å²) < 4.78 is 27.5. The van der Waals surface area contributed by atoms with Crippen LogP contribution >= 0.6 is 27.3 Å². The van der Waals surface area contributed by atoms with E-state index in [2.05, 4.69) is 15.9 Å². The summed E-state index contributed by atoms with van der Waals surface area (Å²) in [6.45, 7) is 1.73. The smallest absolute Gasteiger partial charge is 0.303 e. The summed E-state index contributed by atoms with van der Waals surface area (Å²) in [7, 11) is 0. The Morgan fingerprint density at radius 2 is 2.27 bits per heavy atom. The molecular formula is C9H9BrF2O2S. The molecule has 0 amide bonds. The molecule has 0 aliphatic rings. The lowest BCUT2D eigenvalue weighted by Crippen LogP contribution is -2.13. The first-order valence-corrected chi connectivity index (χ1v) is 5.80. The molecule has 1 heterocycles. The van der Waals surface area contributed by atoms with E-state index < -0.39 is 24.7 Å². The quantitative estimate of drug-likeness (QED) is 0.918. The summed E-state index contributed by atoms with van der Waals surface area (Å²) in [4.78, 5) is 10.9. The van der Waals surface area contributed by atoms with Crippen LogP contribution in [-0.2, 0) is 10.7 Å². The summed E-state index contributed by atoms with van der Waals surface area (Å²) in [5.41, 5.74) is 0. The largest absolute Gasteiger partial charge is 0.481 e. The van der Waals surface area contributed by atoms with Crippen LogP contribution in [0.15, 0.2) is 10.5 Å². The number of halogens is 3. The number of rotatable bonds is 4. The highest BCUT2D eigenvalue weighted by molar-refractivity contribution is 9.10. The fourth-order valence-electron chi connectivity index (χ4n) is 1.03. The van der Waals surface area contributed by atoms with Crippen molar-refractivity contribution >= 4 is 33.2 Å². The van der Waals surface area contributed by atoms with Crippen LogP contribution in [0.3, 0.4) is 0 Å². The molecule has 0 aromatic carbocycles. The molecule has 0 radical (unpaired) electrons. The van der Waals surface area contributed by atoms with Crippen molar-refractivity contribution in [1.82, 2.24) is 0 Å². The minimum Gasteiger partial charge on any atom is -0.481 e. The van der Waals surface area contributed by atoms with Crippen molar-refractivity contribution in [3.63, 3.8) is 0 Å². The molecular weight excluding hydrogens is 290 g/mol. The van der Waals surface area contributed by atoms with E-state index in [1.807, 2.05) is 0 Å². The summed E-state index contributed by atoms with van der Waals surface area (Å²) in [6, 6.07) is 1.35. The molecule has 1 rings (SSSR count). The molecule has 0 aliphatic heterocycles. The average molecular weight is 299 g/mol. The monoisotopic (exact) mass is 298 g/mol. The highest BCUT2D eigenvalue weighted by atomic mass is 79.9. The minimum absolute atomic E-state index is 0.0897. The van der Waals surface area contributed by atoms with Crippen molar-refractivity contribution in [3.8, 4) is 0 Å². The van der Waals surface area contributed by atoms with Crippen LogP contribution in [0.2, 0.25) is 0 Å². The standard InChI is InChI=1S/C9H9BrF2O2S/c1-5-6(10)4-7(15-5)9(11,12)3-2-8(13)14/h4H,2-3H2,1H3,(H,13,14). The Labute approximate surface area is 98.1 Å². The summed E-state index contributed by atoms with van der Waals surface area (Å²) in [5.74, 6) is -4.26. The van der Waals surface area contributed by atoms with Crippen molar-refractivity contribution in [2.75, 3.05) is 0 Å². The second-order valence-electron chi connectivity index (χ2n) is 3.11. The van der Waals surface area contributed by atoms with Crippen LogP contribution in [0.5, 0.6) is 0 Å². The first-order chi connectivity index (χ1) is 6.83. The molecule has 0 bridgehead atoms. The van der Waals surface area contributed by atoms with Gasteiger partial charge >= 0.3 is 5.97 Å². The van der Waals surface area contributed by atoms with E-state index in [1.54, 1.807) is 6.92 Å². The van der Waals surface area contributed by atoms with E-state index in [0.29, 0.717) is 4.47 Å². The Kier molecular flexibility index (Phi) is 3.83. The third-order valence-corrected chi connectivity index (χ3v) is 4.12. The Morgan fingerprint density at radius 3 is 2.67 bits per heavy atom. The van der Waals surface area contributed by atoms with E-state index >= 15 is 0 Å². The summed E-state index contributed by atoms with van der Waals surface area (Å²) in [5, 5.41) is 8.34. The van der Waals surface area contributed by atoms with E-state index in [4.69, 9.17) is 5.11 Å². The Hall–Kier alpha value is -0.490. The second-order valence-corrected chi connectivity index (χ2v) is 5.22. The van der Waals surface area contributed by atoms with Crippen LogP contribution in [-0.4, -0.2) is 11.1 Å². The first kappa shape index (κ1) is 12.6. The lowest BCUT2D eigenvalue weighted by molar-refractivity contribution is -0.139. The maximum atomic E-state index is 13.4. The molecule has 15 heavy (non-hydrogen) atoms. The van der Waals surface area contributed by atoms with Gasteiger partial charge in [0.05, 0.1) is 11.3 Å². The third-order valence-electron chi connectivity index (χ3n) is 1.87. The van der Waals surface area contributed by atoms with Gasteiger partial charge in [-0.3, -0.25) is 4.79 Å². The highest BCUT2D eigenvalue weighted by Crippen LogP contribution is 2.40. The van der Waals surface area contributed by atoms with Gasteiger partial charge in [-0.2, -0.15) is 0 Å². The van der Waals surface area contributed by atoms with Gasteiger partial charge in [0.15, 0.2) is 0 Å². The molecule has 84 valence electrons. The number of carbonyl (C=O) groups is 1. The Bertz CT molecular complexity index is 357. The fourth-order valence-corrected chi connectivity index (χ4v) is 2.56. The molecule has 0 saturated heterocycles. The minimum atomic E-state index is -3.06. The van der Waals surface area contributed by atoms with Gasteiger partial charge < -0.3 is 5.11 Å². The summed E-state index contributed by atoms with van der Waals surface area (Å²) in [6.07, 6.45) is -1.18. The molecule has 0 aliphatic carbocycles. The number of aliphatic carboxylic acids is 1. The lowest BCUT2D eigenvalue weighted by Gasteiger charge is -2.12. The van der Waals surface area contributed by atoms with Gasteiger partial charge in [-0.05, 0) is 28.9 Å². The number of alkyl halides is 2. The predicted molar refractivity (Wildman–Crippen MR) is 57.5 cm³/mol. The molecule has 0 saturated carbocycles. The van der Waals surface area contributed by atoms with Crippen LogP contribution in [0.25, 0.3) is 0 Å². The molecule has 6 heteroatoms. The van der Waals surface area contributed by atoms with Gasteiger partial charge in [0.2, 0.25) is 0 Å². The SMILES string of the molecule is Cc1sc(C(F)(F)CCC(=O)O)cc1Br. The van der Waals surface area contributed by atoms with Crippen LogP contribution in [0, 0.1) is 6.92 Å². The number of hydrogen-bond donors (Lipinski definition) is 1. The van der Waals surface area contributed by atoms with Gasteiger partial charge in [-0.25, -0.2) is 8.78 Å². The number of thiophene rings is 1. The van der Waals surface area contributed by atoms with Crippen LogP contribution in [0.4, 0.5) is 8.78 Å². The van der Waals surface area contributed by atoms with E-state index in [0.717, 1.165) is 16.2 Å². The zero-order chi connectivity index (χ0) is 11.6. The predicted octanol–water partition coefficient (Wildman–Crippen LogP) is 3.78. The van der Waals surface area contributed by atoms with Gasteiger partial charge in [-0.1, -0.05) is 0 Å². The number of carboxylic acids is 1. The number of carboxylic acid groups (broad SMARTS) is 1. The number of aryl methyl sites for hydroxylation is 1. The molecule has 0 unspecified atom stereocenters. The summed E-state index contributed by atoms with van der Waals surface area (Å²) >= 11 is 4.13. The highest BCUT2D eigenvalue weighted by Gasteiger charge is 2.34. The lowest BCUT2D eigenvalue weighted by atomic mass is 10.1. The van der Waals surface area contributed by atoms with Crippen molar-refractivity contribution in [3.05, 3.63) is 20.3 Å². The Balaban J connectivity index is 2.80. The van der Waals surface area contributed by atoms with Crippen LogP contribution in [0.1, 0.15) is 22.6 Å². The van der Waals surface area contributed by atoms with Crippen molar-refractivity contribution in [1.29, 1.82) is 0 Å². The van der Waals surface area contributed by atoms with Crippen molar-refractivity contribution in [2.24, 2.45) is 0 Å². The van der Waals surface area contributed by atoms with E-state index in [9.17, 15) is 13.6 Å². The topological polar surface area (TPSA) is 37.3 Å². The molecule has 1 aromatic heterocycles. The van der Waals surface area contributed by atoms with Gasteiger partial charge in [0, 0.05) is 15.8 Å². The third kappa shape index (κ3) is 3.24. The number of hydrogen-bond acceptors (Lipinski definition) is 2. The van der Waals surface area contributed by atoms with E-state index in [1.165, 1.54) is 6.07 Å². The maximum Gasteiger partial charge on any atom is 0.303 e. The normalized spacial score (nSPS) is 11.7. The van der Waals surface area contributed by atoms with Gasteiger partial charge in [0.25, 0.3) is 5.92 Å². The zero-order valence-corrected chi connectivity index (χ0v) is 10.3. The van der Waals surface area contributed by atoms with Crippen LogP contribution < -0.4 is 0 Å². The molecule has 1 N–H and O–H groups in total. The van der Waals surface area contributed by atoms with Gasteiger partial charge in [0.1, 0.15) is 0 Å². The van der Waals surface area contributed by atoms with E-state index in [-0.39, 0.29) is 4.88 Å². The molecule has 0 atom stereocenters. The molecule has 0 spiro atoms. The van der Waals surface area contributed by atoms with Gasteiger partial charge in [-0.15, -0.1) is 11.3 Å².